The maximum atomic E-state index is 13.5. The lowest BCUT2D eigenvalue weighted by Crippen LogP contribution is -2.60. The van der Waals surface area contributed by atoms with Gasteiger partial charge in [-0.1, -0.05) is 186 Å². The smallest absolute Gasteiger partial charge is 0.308 e. The van der Waals surface area contributed by atoms with Crippen molar-refractivity contribution in [3.05, 3.63) is 0 Å². The molecule has 5 saturated heterocycles. The first-order chi connectivity index (χ1) is 54.1. The number of unbranched alkanes of at least 4 members (excludes halogenated alkanes) is 26. The quantitative estimate of drug-likeness (QED) is 0.0307. The van der Waals surface area contributed by atoms with Crippen LogP contribution in [0.25, 0.3) is 0 Å². The molecule has 0 amide bonds. The summed E-state index contributed by atoms with van der Waals surface area (Å²) in [6.07, 6.45) is -7.74. The number of carbonyl (C=O) groups is 3. The van der Waals surface area contributed by atoms with E-state index in [1.54, 1.807) is 13.8 Å². The van der Waals surface area contributed by atoms with Crippen molar-refractivity contribution in [2.24, 2.45) is 0 Å². The SMILES string of the molecule is CC(=O)CCCCCC(CCCCCCCCCCCCCC(CC(=O)OC[C@@H]1O[C@H](OC(CCCCCCCCCCCCCCCC(CCCCCC(C)O[C@@H]2O[C@H](CO)[C@@H](O)[C@H](O)[C@H]2O)O[C@@H]2O[C@H](CO)[C@@H](O)[C@H](O)[C@H]2O)CC(=O)O)[C@@H](O)[C@H](O)[C@H]1O)O[C@@H]1O[C@H](C)[C@@H](O)[C@H](O)[C@H]1O)O[C@@H]1O[C@H](CO)[C@@H](O)[C@H](O)[C@H]1O. The molecule has 0 aliphatic carbocycles. The molecule has 0 aromatic heterocycles. The largest absolute Gasteiger partial charge is 0.481 e. The van der Waals surface area contributed by atoms with Crippen molar-refractivity contribution in [1.82, 2.24) is 0 Å². The van der Waals surface area contributed by atoms with Gasteiger partial charge in [0.1, 0.15) is 128 Å². The van der Waals surface area contributed by atoms with E-state index < -0.39 is 211 Å². The zero-order chi connectivity index (χ0) is 82.9. The first-order valence-corrected chi connectivity index (χ1v) is 42.6. The Labute approximate surface area is 666 Å². The lowest BCUT2D eigenvalue weighted by Gasteiger charge is -2.41. The van der Waals surface area contributed by atoms with Crippen molar-refractivity contribution in [3.63, 3.8) is 0 Å². The van der Waals surface area contributed by atoms with E-state index in [4.69, 9.17) is 52.1 Å². The van der Waals surface area contributed by atoms with Crippen molar-refractivity contribution in [1.29, 1.82) is 0 Å². The van der Waals surface area contributed by atoms with Crippen LogP contribution >= 0.6 is 0 Å². The number of carboxylic acids is 1. The predicted molar refractivity (Wildman–Crippen MR) is 404 cm³/mol. The number of aliphatic hydroxyl groups is 18. The number of esters is 1. The topological polar surface area (TPSA) is 537 Å². The van der Waals surface area contributed by atoms with E-state index >= 15 is 0 Å². The number of hydrogen-bond donors (Lipinski definition) is 19. The predicted octanol–water partition coefficient (Wildman–Crippen LogP) is 2.79. The van der Waals surface area contributed by atoms with Crippen LogP contribution in [0.1, 0.15) is 278 Å². The van der Waals surface area contributed by atoms with Gasteiger partial charge in [0.2, 0.25) is 0 Å². The first-order valence-electron chi connectivity index (χ1n) is 42.6. The van der Waals surface area contributed by atoms with Crippen molar-refractivity contribution >= 4 is 17.7 Å². The van der Waals surface area contributed by atoms with E-state index in [1.807, 2.05) is 0 Å². The average molecular weight is 1640 g/mol. The Hall–Kier alpha value is -2.51. The van der Waals surface area contributed by atoms with E-state index in [1.165, 1.54) is 6.92 Å². The Bertz CT molecular complexity index is 2480. The van der Waals surface area contributed by atoms with Crippen LogP contribution in [0, 0.1) is 0 Å². The summed E-state index contributed by atoms with van der Waals surface area (Å²) in [7, 11) is 0. The minimum Gasteiger partial charge on any atom is -0.481 e. The number of rotatable bonds is 61. The number of carbonyl (C=O) groups excluding carboxylic acids is 2. The zero-order valence-corrected chi connectivity index (χ0v) is 67.1. The second kappa shape index (κ2) is 56.2. The average Bonchev–Trinajstić information content (AvgIpc) is 0.834. The fourth-order valence-electron chi connectivity index (χ4n) is 15.4. The highest BCUT2D eigenvalue weighted by molar-refractivity contribution is 5.75. The van der Waals surface area contributed by atoms with E-state index in [-0.39, 0.29) is 30.5 Å². The third kappa shape index (κ3) is 36.4. The number of aliphatic carboxylic acids is 1. The van der Waals surface area contributed by atoms with E-state index in [9.17, 15) is 111 Å². The molecule has 19 N–H and O–H groups in total. The van der Waals surface area contributed by atoms with E-state index in [0.29, 0.717) is 64.2 Å². The summed E-state index contributed by atoms with van der Waals surface area (Å²) in [5, 5.41) is 196. The third-order valence-electron chi connectivity index (χ3n) is 22.7. The standard InChI is InChI=1S/C80H146O33/c1-48(84)34-26-24-32-38-51(106-78-73(100)68(95)63(90)56(45-82)111-78)36-28-20-17-13-10-7-11-15-19-23-31-41-54(109-77-71(98)66(93)61(88)50(3)105-77)43-60(87)103-47-58-65(92)70(97)75(102)80(113-58)108-53(42-59(85)86)40-30-22-18-14-9-6-4-5-8-12-16-21-29-37-52(107-79-74(101)69(96)64(91)57(46-83)112-79)39-33-25-27-35-49(2)104-76-72(99)67(94)62(89)55(44-81)110-76/h49-58,61-83,88-102H,4-47H2,1-3H3,(H,85,86)/t49?,50-,51?,52?,53?,54?,55-,56-,57-,58+,61-,62-,63-,64-,65+,66+,67+,68+,69+,70-,71-,72-,73-,74-,75+,76-,77+,78-,79-,80+/m1/s1. The molecule has 664 valence electrons. The van der Waals surface area contributed by atoms with Crippen LogP contribution in [0.3, 0.4) is 0 Å². The van der Waals surface area contributed by atoms with Crippen LogP contribution in [0.15, 0.2) is 0 Å². The fraction of sp³-hybridized carbons (Fsp3) is 0.963. The molecular formula is C80H146O33. The van der Waals surface area contributed by atoms with Gasteiger partial charge < -0.3 is 154 Å². The summed E-state index contributed by atoms with van der Waals surface area (Å²) in [4.78, 5) is 37.0. The second-order valence-electron chi connectivity index (χ2n) is 32.3. The van der Waals surface area contributed by atoms with E-state index in [0.717, 1.165) is 180 Å². The Kier molecular flexibility index (Phi) is 50.2. The van der Waals surface area contributed by atoms with Gasteiger partial charge in [-0.15, -0.1) is 0 Å². The Morgan fingerprint density at radius 2 is 0.558 bits per heavy atom. The minimum absolute atomic E-state index is 0.133. The van der Waals surface area contributed by atoms with Gasteiger partial charge in [0.05, 0.1) is 69.3 Å². The summed E-state index contributed by atoms with van der Waals surface area (Å²) < 4.78 is 64.1. The van der Waals surface area contributed by atoms with Crippen molar-refractivity contribution in [2.75, 3.05) is 26.4 Å². The maximum absolute atomic E-state index is 13.5. The third-order valence-corrected chi connectivity index (χ3v) is 22.7. The van der Waals surface area contributed by atoms with Crippen LogP contribution in [0.4, 0.5) is 0 Å². The molecular weight excluding hydrogens is 1490 g/mol. The lowest BCUT2D eigenvalue weighted by atomic mass is 9.98. The highest BCUT2D eigenvalue weighted by atomic mass is 16.7. The van der Waals surface area contributed by atoms with Crippen LogP contribution in [-0.4, -0.2) is 325 Å². The molecule has 0 saturated carbocycles. The van der Waals surface area contributed by atoms with E-state index in [2.05, 4.69) is 0 Å². The molecule has 0 bridgehead atoms. The fourth-order valence-corrected chi connectivity index (χ4v) is 15.4. The maximum Gasteiger partial charge on any atom is 0.308 e. The van der Waals surface area contributed by atoms with Crippen LogP contribution in [-0.2, 0) is 66.5 Å². The van der Waals surface area contributed by atoms with Gasteiger partial charge in [-0.25, -0.2) is 0 Å². The van der Waals surface area contributed by atoms with Crippen molar-refractivity contribution in [2.45, 2.75) is 462 Å². The van der Waals surface area contributed by atoms with Crippen LogP contribution in [0.2, 0.25) is 0 Å². The Balaban J connectivity index is 0.954. The number of ether oxygens (including phenoxy) is 11. The van der Waals surface area contributed by atoms with Gasteiger partial charge in [-0.05, 0) is 72.1 Å². The molecule has 0 aromatic carbocycles. The number of ketones is 1. The van der Waals surface area contributed by atoms with Gasteiger partial charge >= 0.3 is 11.9 Å². The molecule has 0 spiro atoms. The molecule has 5 heterocycles. The molecule has 30 atom stereocenters. The van der Waals surface area contributed by atoms with Gasteiger partial charge in [-0.3, -0.25) is 9.59 Å². The Morgan fingerprint density at radius 3 is 0.894 bits per heavy atom. The monoisotopic (exact) mass is 1630 g/mol. The highest BCUT2D eigenvalue weighted by Gasteiger charge is 2.50. The normalized spacial score (nSPS) is 33.7. The lowest BCUT2D eigenvalue weighted by molar-refractivity contribution is -0.313. The molecule has 113 heavy (non-hydrogen) atoms. The van der Waals surface area contributed by atoms with Crippen molar-refractivity contribution < 1.29 is 164 Å². The molecule has 0 radical (unpaired) electrons. The molecule has 5 aliphatic rings. The number of carboxylic acid groups (broad SMARTS) is 1. The van der Waals surface area contributed by atoms with Gasteiger partial charge in [0.25, 0.3) is 0 Å². The minimum atomic E-state index is -1.81. The van der Waals surface area contributed by atoms with Crippen LogP contribution < -0.4 is 0 Å². The molecule has 33 nitrogen and oxygen atoms in total. The molecule has 5 aliphatic heterocycles. The molecule has 33 heteroatoms. The number of hydrogen-bond acceptors (Lipinski definition) is 32. The summed E-state index contributed by atoms with van der Waals surface area (Å²) >= 11 is 0. The van der Waals surface area contributed by atoms with Gasteiger partial charge in [0.15, 0.2) is 31.5 Å². The molecule has 5 unspecified atom stereocenters. The summed E-state index contributed by atoms with van der Waals surface area (Å²) in [6.45, 7) is 2.59. The zero-order valence-electron chi connectivity index (χ0n) is 67.1. The first kappa shape index (κ1) is 101. The van der Waals surface area contributed by atoms with Crippen LogP contribution in [0.5, 0.6) is 0 Å². The van der Waals surface area contributed by atoms with Gasteiger partial charge in [0, 0.05) is 6.42 Å². The Morgan fingerprint density at radius 1 is 0.301 bits per heavy atom. The number of aliphatic hydroxyl groups excluding tert-OH is 18. The molecule has 5 rings (SSSR count). The van der Waals surface area contributed by atoms with Crippen molar-refractivity contribution in [3.8, 4) is 0 Å². The summed E-state index contributed by atoms with van der Waals surface area (Å²) in [5.74, 6) is -1.83. The second-order valence-corrected chi connectivity index (χ2v) is 32.3. The van der Waals surface area contributed by atoms with Gasteiger partial charge in [-0.2, -0.15) is 0 Å². The highest BCUT2D eigenvalue weighted by Crippen LogP contribution is 2.33. The number of Topliss-reactive ketones (excluding diaryl/α,β-unsaturated/α-hetero) is 1. The molecule has 5 fully saturated rings. The summed E-state index contributed by atoms with van der Waals surface area (Å²) in [5.41, 5.74) is 0. The summed E-state index contributed by atoms with van der Waals surface area (Å²) in [6, 6.07) is 0. The molecule has 0 aromatic rings.